The molecule has 1 aromatic carbocycles. The highest BCUT2D eigenvalue weighted by molar-refractivity contribution is 5.74. The number of aromatic nitrogens is 1. The molecule has 2 aromatic rings. The average molecular weight is 245 g/mol. The zero-order valence-corrected chi connectivity index (χ0v) is 10.5. The van der Waals surface area contributed by atoms with Gasteiger partial charge >= 0.3 is 0 Å². The van der Waals surface area contributed by atoms with E-state index in [9.17, 15) is 0 Å². The van der Waals surface area contributed by atoms with E-state index in [0.29, 0.717) is 6.01 Å². The summed E-state index contributed by atoms with van der Waals surface area (Å²) in [5.74, 6) is 0. The molecule has 1 saturated carbocycles. The van der Waals surface area contributed by atoms with Crippen molar-refractivity contribution < 1.29 is 4.42 Å². The summed E-state index contributed by atoms with van der Waals surface area (Å²) in [6.07, 6.45) is 5.93. The fourth-order valence-electron chi connectivity index (χ4n) is 2.63. The molecule has 4 nitrogen and oxygen atoms in total. The van der Waals surface area contributed by atoms with Gasteiger partial charge in [-0.1, -0.05) is 31.4 Å². The van der Waals surface area contributed by atoms with Crippen molar-refractivity contribution in [3.8, 4) is 0 Å². The van der Waals surface area contributed by atoms with Gasteiger partial charge in [0.15, 0.2) is 5.58 Å². The zero-order chi connectivity index (χ0) is 12.4. The van der Waals surface area contributed by atoms with Crippen LogP contribution in [0.3, 0.4) is 0 Å². The van der Waals surface area contributed by atoms with Crippen molar-refractivity contribution >= 4 is 17.1 Å². The van der Waals surface area contributed by atoms with Gasteiger partial charge in [-0.2, -0.15) is 4.98 Å². The van der Waals surface area contributed by atoms with Crippen molar-refractivity contribution in [3.63, 3.8) is 0 Å². The van der Waals surface area contributed by atoms with Crippen LogP contribution in [0.25, 0.3) is 11.1 Å². The first-order valence-corrected chi connectivity index (χ1v) is 6.64. The molecule has 0 amide bonds. The lowest BCUT2D eigenvalue weighted by atomic mass is 9.82. The van der Waals surface area contributed by atoms with Gasteiger partial charge in [0.05, 0.1) is 0 Å². The Bertz CT molecular complexity index is 496. The molecule has 1 fully saturated rings. The molecule has 1 aliphatic rings. The molecule has 0 atom stereocenters. The maximum atomic E-state index is 6.37. The van der Waals surface area contributed by atoms with E-state index in [1.54, 1.807) is 0 Å². The van der Waals surface area contributed by atoms with Crippen molar-refractivity contribution in [1.29, 1.82) is 0 Å². The van der Waals surface area contributed by atoms with Gasteiger partial charge in [0.25, 0.3) is 6.01 Å². The number of nitrogens with two attached hydrogens (primary N) is 1. The van der Waals surface area contributed by atoms with Crippen molar-refractivity contribution in [2.24, 2.45) is 5.73 Å². The van der Waals surface area contributed by atoms with Crippen LogP contribution in [-0.4, -0.2) is 17.1 Å². The number of para-hydroxylation sites is 2. The van der Waals surface area contributed by atoms with Crippen LogP contribution in [0.2, 0.25) is 0 Å². The summed E-state index contributed by atoms with van der Waals surface area (Å²) in [6.45, 7) is 0.736. The first kappa shape index (κ1) is 11.5. The molecule has 1 heterocycles. The van der Waals surface area contributed by atoms with Crippen LogP contribution in [0.1, 0.15) is 32.1 Å². The minimum atomic E-state index is -0.0983. The molecule has 18 heavy (non-hydrogen) atoms. The molecule has 3 N–H and O–H groups in total. The lowest BCUT2D eigenvalue weighted by Crippen LogP contribution is -2.47. The molecule has 0 unspecified atom stereocenters. The fourth-order valence-corrected chi connectivity index (χ4v) is 2.63. The van der Waals surface area contributed by atoms with Crippen molar-refractivity contribution in [2.45, 2.75) is 37.6 Å². The SMILES string of the molecule is NC1(CNc2nc3ccccc3o2)CCCCC1. The maximum Gasteiger partial charge on any atom is 0.295 e. The smallest absolute Gasteiger partial charge is 0.295 e. The van der Waals surface area contributed by atoms with E-state index in [1.165, 1.54) is 19.3 Å². The minimum Gasteiger partial charge on any atom is -0.424 e. The Morgan fingerprint density at radius 3 is 2.78 bits per heavy atom. The van der Waals surface area contributed by atoms with E-state index in [1.807, 2.05) is 24.3 Å². The summed E-state index contributed by atoms with van der Waals surface area (Å²) in [5.41, 5.74) is 7.97. The Labute approximate surface area is 107 Å². The molecular formula is C14H19N3O. The molecule has 3 rings (SSSR count). The average Bonchev–Trinajstić information content (AvgIpc) is 2.80. The molecular weight excluding hydrogens is 226 g/mol. The molecule has 1 aromatic heterocycles. The molecule has 4 heteroatoms. The summed E-state index contributed by atoms with van der Waals surface area (Å²) < 4.78 is 5.63. The molecule has 1 aliphatic carbocycles. The van der Waals surface area contributed by atoms with E-state index in [-0.39, 0.29) is 5.54 Å². The normalized spacial score (nSPS) is 18.9. The Kier molecular flexibility index (Phi) is 2.96. The predicted molar refractivity (Wildman–Crippen MR) is 72.5 cm³/mol. The zero-order valence-electron chi connectivity index (χ0n) is 10.5. The number of nitrogens with zero attached hydrogens (tertiary/aromatic N) is 1. The third kappa shape index (κ3) is 2.34. The topological polar surface area (TPSA) is 64.1 Å². The second-order valence-electron chi connectivity index (χ2n) is 5.26. The summed E-state index contributed by atoms with van der Waals surface area (Å²) >= 11 is 0. The van der Waals surface area contributed by atoms with Crippen molar-refractivity contribution in [1.82, 2.24) is 4.98 Å². The summed E-state index contributed by atoms with van der Waals surface area (Å²) in [6, 6.07) is 8.35. The van der Waals surface area contributed by atoms with Gasteiger partial charge in [-0.05, 0) is 25.0 Å². The largest absolute Gasteiger partial charge is 0.424 e. The van der Waals surface area contributed by atoms with E-state index in [2.05, 4.69) is 10.3 Å². The highest BCUT2D eigenvalue weighted by atomic mass is 16.4. The van der Waals surface area contributed by atoms with Gasteiger partial charge in [0.2, 0.25) is 0 Å². The summed E-state index contributed by atoms with van der Waals surface area (Å²) in [4.78, 5) is 4.39. The fraction of sp³-hybridized carbons (Fsp3) is 0.500. The van der Waals surface area contributed by atoms with Gasteiger partial charge in [-0.3, -0.25) is 0 Å². The third-order valence-electron chi connectivity index (χ3n) is 3.73. The van der Waals surface area contributed by atoms with E-state index >= 15 is 0 Å². The van der Waals surface area contributed by atoms with Gasteiger partial charge in [-0.25, -0.2) is 0 Å². The van der Waals surface area contributed by atoms with Crippen LogP contribution < -0.4 is 11.1 Å². The lowest BCUT2D eigenvalue weighted by molar-refractivity contribution is 0.309. The number of nitrogens with one attached hydrogen (secondary N) is 1. The van der Waals surface area contributed by atoms with E-state index in [4.69, 9.17) is 10.2 Å². The van der Waals surface area contributed by atoms with Crippen molar-refractivity contribution in [3.05, 3.63) is 24.3 Å². The van der Waals surface area contributed by atoms with Crippen LogP contribution in [0.15, 0.2) is 28.7 Å². The Hall–Kier alpha value is -1.55. The van der Waals surface area contributed by atoms with Crippen LogP contribution in [0.5, 0.6) is 0 Å². The maximum absolute atomic E-state index is 6.37. The summed E-state index contributed by atoms with van der Waals surface area (Å²) in [7, 11) is 0. The lowest BCUT2D eigenvalue weighted by Gasteiger charge is -2.33. The second-order valence-corrected chi connectivity index (χ2v) is 5.26. The highest BCUT2D eigenvalue weighted by Gasteiger charge is 2.27. The standard InChI is InChI=1S/C14H19N3O/c15-14(8-4-1-5-9-14)10-16-13-17-11-6-2-3-7-12(11)18-13/h2-3,6-7H,1,4-5,8-10,15H2,(H,16,17). The molecule has 96 valence electrons. The number of oxazole rings is 1. The van der Waals surface area contributed by atoms with Crippen molar-refractivity contribution in [2.75, 3.05) is 11.9 Å². The Morgan fingerprint density at radius 2 is 2.00 bits per heavy atom. The number of anilines is 1. The van der Waals surface area contributed by atoms with Gasteiger partial charge < -0.3 is 15.5 Å². The van der Waals surface area contributed by atoms with Crippen LogP contribution >= 0.6 is 0 Å². The minimum absolute atomic E-state index is 0.0983. The molecule has 0 bridgehead atoms. The number of benzene rings is 1. The number of rotatable bonds is 3. The van der Waals surface area contributed by atoms with Crippen LogP contribution in [0.4, 0.5) is 6.01 Å². The molecule has 0 spiro atoms. The number of hydrogen-bond acceptors (Lipinski definition) is 4. The summed E-state index contributed by atoms with van der Waals surface area (Å²) in [5, 5.41) is 3.24. The van der Waals surface area contributed by atoms with Gasteiger partial charge in [-0.15, -0.1) is 0 Å². The van der Waals surface area contributed by atoms with E-state index < -0.39 is 0 Å². The Balaban J connectivity index is 1.69. The third-order valence-corrected chi connectivity index (χ3v) is 3.73. The highest BCUT2D eigenvalue weighted by Crippen LogP contribution is 2.26. The molecule has 0 saturated heterocycles. The second kappa shape index (κ2) is 4.61. The predicted octanol–water partition coefficient (Wildman–Crippen LogP) is 2.90. The van der Waals surface area contributed by atoms with E-state index in [0.717, 1.165) is 30.5 Å². The van der Waals surface area contributed by atoms with Gasteiger partial charge in [0.1, 0.15) is 5.52 Å². The first-order chi connectivity index (χ1) is 8.75. The number of hydrogen-bond donors (Lipinski definition) is 2. The van der Waals surface area contributed by atoms with Gasteiger partial charge in [0, 0.05) is 12.1 Å². The quantitative estimate of drug-likeness (QED) is 0.872. The Morgan fingerprint density at radius 1 is 1.22 bits per heavy atom. The molecule has 0 radical (unpaired) electrons. The number of fused-ring (bicyclic) bond motifs is 1. The first-order valence-electron chi connectivity index (χ1n) is 6.64. The van der Waals surface area contributed by atoms with Crippen LogP contribution in [0, 0.1) is 0 Å². The molecule has 0 aliphatic heterocycles. The monoisotopic (exact) mass is 245 g/mol. The van der Waals surface area contributed by atoms with Crippen LogP contribution in [-0.2, 0) is 0 Å².